The number of rotatable bonds is 4. The number of ether oxygens (including phenoxy) is 1. The van der Waals surface area contributed by atoms with Gasteiger partial charge in [0, 0.05) is 18.3 Å². The van der Waals surface area contributed by atoms with Gasteiger partial charge in [0.1, 0.15) is 0 Å². The molecule has 1 aliphatic heterocycles. The summed E-state index contributed by atoms with van der Waals surface area (Å²) in [5.41, 5.74) is 1.05. The first-order valence-corrected chi connectivity index (χ1v) is 7.85. The second-order valence-corrected chi connectivity index (χ2v) is 5.80. The van der Waals surface area contributed by atoms with E-state index in [4.69, 9.17) is 17.0 Å². The molecule has 2 N–H and O–H groups in total. The lowest BCUT2D eigenvalue weighted by Crippen LogP contribution is -2.49. The van der Waals surface area contributed by atoms with E-state index in [1.807, 2.05) is 30.3 Å². The van der Waals surface area contributed by atoms with Gasteiger partial charge < -0.3 is 15.4 Å². The number of para-hydroxylation sites is 1. The Bertz CT molecular complexity index is 431. The lowest BCUT2D eigenvalue weighted by Gasteiger charge is -2.40. The van der Waals surface area contributed by atoms with Gasteiger partial charge in [0.05, 0.1) is 5.60 Å². The van der Waals surface area contributed by atoms with Crippen molar-refractivity contribution in [1.29, 1.82) is 0 Å². The quantitative estimate of drug-likeness (QED) is 0.829. The fourth-order valence-electron chi connectivity index (χ4n) is 2.77. The first-order valence-electron chi connectivity index (χ1n) is 7.44. The number of thiocarbonyl (C=S) groups is 1. The second-order valence-electron chi connectivity index (χ2n) is 5.39. The molecule has 0 aromatic heterocycles. The number of hydrogen-bond donors (Lipinski definition) is 2. The summed E-state index contributed by atoms with van der Waals surface area (Å²) in [5.74, 6) is 0. The van der Waals surface area contributed by atoms with E-state index in [0.29, 0.717) is 11.2 Å². The molecule has 4 heteroatoms. The molecule has 1 atom stereocenters. The Balaban J connectivity index is 1.88. The van der Waals surface area contributed by atoms with Crippen LogP contribution in [0.5, 0.6) is 0 Å². The lowest BCUT2D eigenvalue weighted by atomic mass is 9.86. The largest absolute Gasteiger partial charge is 0.375 e. The van der Waals surface area contributed by atoms with Crippen LogP contribution in [0.15, 0.2) is 30.3 Å². The third kappa shape index (κ3) is 3.93. The van der Waals surface area contributed by atoms with Crippen LogP contribution >= 0.6 is 12.2 Å². The zero-order valence-electron chi connectivity index (χ0n) is 12.3. The predicted molar refractivity (Wildman–Crippen MR) is 88.1 cm³/mol. The number of benzene rings is 1. The zero-order chi connectivity index (χ0) is 14.4. The number of hydrogen-bond acceptors (Lipinski definition) is 2. The molecule has 0 bridgehead atoms. The van der Waals surface area contributed by atoms with Crippen molar-refractivity contribution in [3.05, 3.63) is 30.3 Å². The summed E-state index contributed by atoms with van der Waals surface area (Å²) in [5, 5.41) is 7.36. The molecule has 0 amide bonds. The van der Waals surface area contributed by atoms with Crippen LogP contribution in [-0.4, -0.2) is 23.4 Å². The predicted octanol–water partition coefficient (Wildman–Crippen LogP) is 3.71. The molecule has 2 rings (SSSR count). The molecule has 1 aromatic carbocycles. The SMILES string of the molecule is CCC1(CC)CC(NC(=S)Nc2ccccc2)CCO1. The van der Waals surface area contributed by atoms with E-state index < -0.39 is 0 Å². The molecular weight excluding hydrogens is 268 g/mol. The van der Waals surface area contributed by atoms with Gasteiger partial charge in [0.2, 0.25) is 0 Å². The van der Waals surface area contributed by atoms with Crippen LogP contribution in [0.3, 0.4) is 0 Å². The molecule has 1 fully saturated rings. The fraction of sp³-hybridized carbons (Fsp3) is 0.562. The first-order chi connectivity index (χ1) is 9.67. The molecule has 3 nitrogen and oxygen atoms in total. The maximum absolute atomic E-state index is 5.99. The van der Waals surface area contributed by atoms with Gasteiger partial charge in [-0.1, -0.05) is 32.0 Å². The van der Waals surface area contributed by atoms with Gasteiger partial charge in [-0.2, -0.15) is 0 Å². The van der Waals surface area contributed by atoms with Crippen LogP contribution in [0.4, 0.5) is 5.69 Å². The van der Waals surface area contributed by atoms with E-state index in [0.717, 1.165) is 38.0 Å². The van der Waals surface area contributed by atoms with Crippen LogP contribution in [-0.2, 0) is 4.74 Å². The van der Waals surface area contributed by atoms with Crippen molar-refractivity contribution >= 4 is 23.0 Å². The highest BCUT2D eigenvalue weighted by atomic mass is 32.1. The van der Waals surface area contributed by atoms with Crippen molar-refractivity contribution < 1.29 is 4.74 Å². The lowest BCUT2D eigenvalue weighted by molar-refractivity contribution is -0.0909. The summed E-state index contributed by atoms with van der Waals surface area (Å²) in [6, 6.07) is 10.4. The van der Waals surface area contributed by atoms with E-state index >= 15 is 0 Å². The van der Waals surface area contributed by atoms with Crippen LogP contribution in [0.1, 0.15) is 39.5 Å². The Hall–Kier alpha value is -1.13. The first kappa shape index (κ1) is 15.3. The van der Waals surface area contributed by atoms with Crippen LogP contribution < -0.4 is 10.6 Å². The summed E-state index contributed by atoms with van der Waals surface area (Å²) in [6.07, 6.45) is 4.15. The molecule has 0 spiro atoms. The van der Waals surface area contributed by atoms with Gasteiger partial charge in [-0.05, 0) is 50.0 Å². The Labute approximate surface area is 127 Å². The zero-order valence-corrected chi connectivity index (χ0v) is 13.1. The van der Waals surface area contributed by atoms with Gasteiger partial charge in [0.15, 0.2) is 5.11 Å². The van der Waals surface area contributed by atoms with Crippen molar-refractivity contribution in [2.75, 3.05) is 11.9 Å². The highest BCUT2D eigenvalue weighted by Crippen LogP contribution is 2.31. The summed E-state index contributed by atoms with van der Waals surface area (Å²) in [6.45, 7) is 5.21. The van der Waals surface area contributed by atoms with Crippen molar-refractivity contribution in [3.63, 3.8) is 0 Å². The summed E-state index contributed by atoms with van der Waals surface area (Å²) in [4.78, 5) is 0. The molecule has 1 heterocycles. The Morgan fingerprint density at radius 1 is 1.30 bits per heavy atom. The molecule has 0 aliphatic carbocycles. The smallest absolute Gasteiger partial charge is 0.170 e. The minimum atomic E-state index is 0.0261. The molecule has 0 saturated carbocycles. The van der Waals surface area contributed by atoms with Gasteiger partial charge in [-0.25, -0.2) is 0 Å². The molecule has 1 aromatic rings. The van der Waals surface area contributed by atoms with E-state index in [1.165, 1.54) is 0 Å². The maximum Gasteiger partial charge on any atom is 0.170 e. The monoisotopic (exact) mass is 292 g/mol. The maximum atomic E-state index is 5.99. The number of anilines is 1. The Kier molecular flexibility index (Phi) is 5.38. The average molecular weight is 292 g/mol. The van der Waals surface area contributed by atoms with Gasteiger partial charge in [0.25, 0.3) is 0 Å². The van der Waals surface area contributed by atoms with Crippen LogP contribution in [0, 0.1) is 0 Å². The second kappa shape index (κ2) is 7.04. The number of nitrogens with one attached hydrogen (secondary N) is 2. The van der Waals surface area contributed by atoms with E-state index in [2.05, 4.69) is 24.5 Å². The standard InChI is InChI=1S/C16H24N2OS/c1-3-16(4-2)12-14(10-11-19-16)18-15(20)17-13-8-6-5-7-9-13/h5-9,14H,3-4,10-12H2,1-2H3,(H2,17,18,20). The highest BCUT2D eigenvalue weighted by Gasteiger charge is 2.34. The summed E-state index contributed by atoms with van der Waals surface area (Å²) in [7, 11) is 0. The molecule has 0 radical (unpaired) electrons. The topological polar surface area (TPSA) is 33.3 Å². The Morgan fingerprint density at radius 2 is 2.00 bits per heavy atom. The highest BCUT2D eigenvalue weighted by molar-refractivity contribution is 7.80. The molecular formula is C16H24N2OS. The van der Waals surface area contributed by atoms with E-state index in [9.17, 15) is 0 Å². The van der Waals surface area contributed by atoms with Crippen molar-refractivity contribution in [2.24, 2.45) is 0 Å². The molecule has 110 valence electrons. The molecule has 1 saturated heterocycles. The van der Waals surface area contributed by atoms with E-state index in [1.54, 1.807) is 0 Å². The van der Waals surface area contributed by atoms with Gasteiger partial charge in [-0.15, -0.1) is 0 Å². The van der Waals surface area contributed by atoms with Crippen molar-refractivity contribution in [1.82, 2.24) is 5.32 Å². The van der Waals surface area contributed by atoms with Crippen molar-refractivity contribution in [2.45, 2.75) is 51.2 Å². The van der Waals surface area contributed by atoms with E-state index in [-0.39, 0.29) is 5.60 Å². The average Bonchev–Trinajstić information content (AvgIpc) is 2.48. The normalized spacial score (nSPS) is 21.2. The van der Waals surface area contributed by atoms with Crippen molar-refractivity contribution in [3.8, 4) is 0 Å². The van der Waals surface area contributed by atoms with Crippen LogP contribution in [0.25, 0.3) is 0 Å². The van der Waals surface area contributed by atoms with Crippen LogP contribution in [0.2, 0.25) is 0 Å². The Morgan fingerprint density at radius 3 is 2.65 bits per heavy atom. The summed E-state index contributed by atoms with van der Waals surface area (Å²) >= 11 is 5.40. The molecule has 1 unspecified atom stereocenters. The summed E-state index contributed by atoms with van der Waals surface area (Å²) < 4.78 is 5.99. The van der Waals surface area contributed by atoms with Gasteiger partial charge in [-0.3, -0.25) is 0 Å². The third-order valence-corrected chi connectivity index (χ3v) is 4.37. The minimum Gasteiger partial charge on any atom is -0.375 e. The molecule has 1 aliphatic rings. The van der Waals surface area contributed by atoms with Gasteiger partial charge >= 0.3 is 0 Å². The third-order valence-electron chi connectivity index (χ3n) is 4.15. The molecule has 20 heavy (non-hydrogen) atoms. The fourth-order valence-corrected chi connectivity index (χ4v) is 3.05. The minimum absolute atomic E-state index is 0.0261.